The summed E-state index contributed by atoms with van der Waals surface area (Å²) in [6.07, 6.45) is 4.84. The minimum Gasteiger partial charge on any atom is -0.348 e. The first kappa shape index (κ1) is 19.5. The second-order valence-corrected chi connectivity index (χ2v) is 7.79. The number of tetrazole rings is 1. The summed E-state index contributed by atoms with van der Waals surface area (Å²) in [6, 6.07) is 6.94. The van der Waals surface area contributed by atoms with Gasteiger partial charge in [-0.1, -0.05) is 18.2 Å². The Balaban J connectivity index is 1.60. The molecule has 3 rings (SSSR count). The largest absolute Gasteiger partial charge is 0.348 e. The van der Waals surface area contributed by atoms with Crippen molar-refractivity contribution < 1.29 is 4.79 Å². The summed E-state index contributed by atoms with van der Waals surface area (Å²) in [6.45, 7) is 6.99. The quantitative estimate of drug-likeness (QED) is 0.809. The van der Waals surface area contributed by atoms with Crippen molar-refractivity contribution >= 4 is 5.91 Å². The number of hydrogen-bond donors (Lipinski definition) is 1. The maximum atomic E-state index is 12.5. The van der Waals surface area contributed by atoms with Crippen LogP contribution in [0.5, 0.6) is 0 Å². The molecule has 0 saturated carbocycles. The summed E-state index contributed by atoms with van der Waals surface area (Å²) in [7, 11) is 2.02. The van der Waals surface area contributed by atoms with E-state index in [2.05, 4.69) is 57.8 Å². The Bertz CT molecular complexity index is 785. The van der Waals surface area contributed by atoms with E-state index in [0.29, 0.717) is 18.4 Å². The number of nitrogens with one attached hydrogen (secondary N) is 1. The molecular weight excluding hydrogens is 340 g/mol. The molecule has 146 valence electrons. The Morgan fingerprint density at radius 2 is 1.96 bits per heavy atom. The lowest BCUT2D eigenvalue weighted by molar-refractivity contribution is -0.122. The number of carbonyl (C=O) groups is 1. The van der Waals surface area contributed by atoms with Gasteiger partial charge in [0, 0.05) is 6.04 Å². The van der Waals surface area contributed by atoms with E-state index in [1.807, 2.05) is 14.0 Å². The van der Waals surface area contributed by atoms with Gasteiger partial charge in [-0.05, 0) is 80.6 Å². The van der Waals surface area contributed by atoms with Crippen molar-refractivity contribution in [3.63, 3.8) is 0 Å². The summed E-state index contributed by atoms with van der Waals surface area (Å²) in [5.41, 5.74) is 4.04. The Hall–Kier alpha value is -2.28. The third-order valence-corrected chi connectivity index (χ3v) is 5.42. The Labute approximate surface area is 161 Å². The molecule has 1 atom stereocenters. The van der Waals surface area contributed by atoms with Crippen LogP contribution in [0.2, 0.25) is 0 Å². The molecule has 1 aromatic heterocycles. The molecule has 0 bridgehead atoms. The van der Waals surface area contributed by atoms with Crippen LogP contribution in [0.15, 0.2) is 18.2 Å². The molecule has 0 aliphatic heterocycles. The van der Waals surface area contributed by atoms with Crippen molar-refractivity contribution in [3.05, 3.63) is 40.7 Å². The zero-order valence-corrected chi connectivity index (χ0v) is 16.8. The standard InChI is InChI=1S/C20H30N6O/c1-14(2)25(4)12-19-22-23-24-26(19)13-20(27)21-15(3)17-10-9-16-7-5-6-8-18(16)11-17/h9-11,14-15H,5-8,12-13H2,1-4H3,(H,21,27). The fourth-order valence-electron chi connectivity index (χ4n) is 3.39. The highest BCUT2D eigenvalue weighted by Gasteiger charge is 2.17. The predicted molar refractivity (Wildman–Crippen MR) is 104 cm³/mol. The minimum atomic E-state index is -0.0824. The lowest BCUT2D eigenvalue weighted by Gasteiger charge is -2.21. The number of aryl methyl sites for hydroxylation is 2. The molecule has 1 amide bonds. The van der Waals surface area contributed by atoms with Crippen LogP contribution in [0.1, 0.15) is 62.2 Å². The average Bonchev–Trinajstić information content (AvgIpc) is 3.07. The summed E-state index contributed by atoms with van der Waals surface area (Å²) >= 11 is 0. The van der Waals surface area contributed by atoms with E-state index in [-0.39, 0.29) is 18.5 Å². The van der Waals surface area contributed by atoms with Crippen LogP contribution in [0, 0.1) is 0 Å². The molecule has 7 nitrogen and oxygen atoms in total. The zero-order valence-electron chi connectivity index (χ0n) is 16.8. The molecule has 0 spiro atoms. The second-order valence-electron chi connectivity index (χ2n) is 7.79. The highest BCUT2D eigenvalue weighted by molar-refractivity contribution is 5.76. The van der Waals surface area contributed by atoms with Gasteiger partial charge in [0.2, 0.25) is 5.91 Å². The Morgan fingerprint density at radius 1 is 1.22 bits per heavy atom. The zero-order chi connectivity index (χ0) is 19.4. The van der Waals surface area contributed by atoms with E-state index in [9.17, 15) is 4.79 Å². The number of aromatic nitrogens is 4. The molecule has 7 heteroatoms. The van der Waals surface area contributed by atoms with Crippen molar-refractivity contribution in [1.82, 2.24) is 30.4 Å². The first-order chi connectivity index (χ1) is 12.9. The molecule has 0 saturated heterocycles. The highest BCUT2D eigenvalue weighted by Crippen LogP contribution is 2.24. The molecule has 1 aliphatic rings. The lowest BCUT2D eigenvalue weighted by atomic mass is 9.89. The van der Waals surface area contributed by atoms with E-state index in [0.717, 1.165) is 12.0 Å². The fourth-order valence-corrected chi connectivity index (χ4v) is 3.39. The number of nitrogens with zero attached hydrogens (tertiary/aromatic N) is 5. The van der Waals surface area contributed by atoms with Gasteiger partial charge in [-0.3, -0.25) is 9.69 Å². The van der Waals surface area contributed by atoms with Crippen LogP contribution < -0.4 is 5.32 Å². The monoisotopic (exact) mass is 370 g/mol. The molecule has 1 N–H and O–H groups in total. The van der Waals surface area contributed by atoms with Gasteiger partial charge in [-0.25, -0.2) is 4.68 Å². The number of benzene rings is 1. The van der Waals surface area contributed by atoms with E-state index in [4.69, 9.17) is 0 Å². The molecule has 0 fully saturated rings. The number of fused-ring (bicyclic) bond motifs is 1. The van der Waals surface area contributed by atoms with Gasteiger partial charge in [0.25, 0.3) is 0 Å². The van der Waals surface area contributed by atoms with Crippen molar-refractivity contribution in [2.75, 3.05) is 7.05 Å². The number of rotatable bonds is 7. The maximum Gasteiger partial charge on any atom is 0.242 e. The minimum absolute atomic E-state index is 0.0389. The highest BCUT2D eigenvalue weighted by atomic mass is 16.2. The van der Waals surface area contributed by atoms with Crippen LogP contribution in [0.4, 0.5) is 0 Å². The summed E-state index contributed by atoms with van der Waals surface area (Å²) in [5, 5.41) is 14.8. The second kappa shape index (κ2) is 8.61. The first-order valence-electron chi connectivity index (χ1n) is 9.80. The molecule has 2 aromatic rings. The molecule has 1 unspecified atom stereocenters. The van der Waals surface area contributed by atoms with Gasteiger partial charge < -0.3 is 5.32 Å². The fraction of sp³-hybridized carbons (Fsp3) is 0.600. The normalized spacial score (nSPS) is 15.0. The Kier molecular flexibility index (Phi) is 6.21. The van der Waals surface area contributed by atoms with Gasteiger partial charge in [-0.15, -0.1) is 5.10 Å². The van der Waals surface area contributed by atoms with E-state index in [1.165, 1.54) is 30.4 Å². The van der Waals surface area contributed by atoms with Gasteiger partial charge in [0.15, 0.2) is 5.82 Å². The third-order valence-electron chi connectivity index (χ3n) is 5.42. The lowest BCUT2D eigenvalue weighted by Crippen LogP contribution is -2.32. The van der Waals surface area contributed by atoms with Crippen LogP contribution in [-0.4, -0.2) is 44.1 Å². The van der Waals surface area contributed by atoms with Crippen molar-refractivity contribution in [3.8, 4) is 0 Å². The van der Waals surface area contributed by atoms with Gasteiger partial charge >= 0.3 is 0 Å². The van der Waals surface area contributed by atoms with Crippen molar-refractivity contribution in [2.45, 2.75) is 71.6 Å². The summed E-state index contributed by atoms with van der Waals surface area (Å²) < 4.78 is 1.58. The SMILES string of the molecule is CC(NC(=O)Cn1nnnc1CN(C)C(C)C)c1ccc2c(c1)CCCC2. The molecule has 0 radical (unpaired) electrons. The molecule has 27 heavy (non-hydrogen) atoms. The van der Waals surface area contributed by atoms with Crippen molar-refractivity contribution in [1.29, 1.82) is 0 Å². The van der Waals surface area contributed by atoms with Crippen LogP contribution in [0.3, 0.4) is 0 Å². The molecule has 1 heterocycles. The molecular formula is C20H30N6O. The van der Waals surface area contributed by atoms with Gasteiger partial charge in [-0.2, -0.15) is 0 Å². The predicted octanol–water partition coefficient (Wildman–Crippen LogP) is 2.27. The third kappa shape index (κ3) is 4.91. The number of carbonyl (C=O) groups excluding carboxylic acids is 1. The number of hydrogen-bond acceptors (Lipinski definition) is 5. The molecule has 1 aliphatic carbocycles. The average molecular weight is 371 g/mol. The van der Waals surface area contributed by atoms with E-state index >= 15 is 0 Å². The van der Waals surface area contributed by atoms with Crippen LogP contribution in [0.25, 0.3) is 0 Å². The van der Waals surface area contributed by atoms with E-state index < -0.39 is 0 Å². The van der Waals surface area contributed by atoms with E-state index in [1.54, 1.807) is 4.68 Å². The topological polar surface area (TPSA) is 75.9 Å². The molecule has 1 aromatic carbocycles. The summed E-state index contributed by atoms with van der Waals surface area (Å²) in [4.78, 5) is 14.6. The first-order valence-corrected chi connectivity index (χ1v) is 9.80. The van der Waals surface area contributed by atoms with Crippen molar-refractivity contribution in [2.24, 2.45) is 0 Å². The van der Waals surface area contributed by atoms with Crippen LogP contribution >= 0.6 is 0 Å². The van der Waals surface area contributed by atoms with Gasteiger partial charge in [0.05, 0.1) is 12.6 Å². The van der Waals surface area contributed by atoms with Crippen LogP contribution in [-0.2, 0) is 30.7 Å². The number of amides is 1. The smallest absolute Gasteiger partial charge is 0.242 e. The van der Waals surface area contributed by atoms with Gasteiger partial charge in [0.1, 0.15) is 6.54 Å². The maximum absolute atomic E-state index is 12.5. The Morgan fingerprint density at radius 3 is 2.70 bits per heavy atom. The summed E-state index contributed by atoms with van der Waals surface area (Å²) in [5.74, 6) is 0.615.